The molecule has 4 nitrogen and oxygen atoms in total. The van der Waals surface area contributed by atoms with Gasteiger partial charge < -0.3 is 19.0 Å². The molecule has 0 aromatic carbocycles. The first-order valence-corrected chi connectivity index (χ1v) is 5.83. The summed E-state index contributed by atoms with van der Waals surface area (Å²) in [6.45, 7) is 1.91. The second-order valence-electron chi connectivity index (χ2n) is 2.45. The molecule has 0 fully saturated rings. The lowest BCUT2D eigenvalue weighted by molar-refractivity contribution is 0.107. The molecule has 0 rings (SSSR count). The van der Waals surface area contributed by atoms with Gasteiger partial charge in [-0.3, -0.25) is 0 Å². The van der Waals surface area contributed by atoms with Gasteiger partial charge in [0.15, 0.2) is 0 Å². The standard InChI is InChI=1S/C6H17NO3SSi/c1-5-6(7,11)12(8-2,9-3)10-4/h11H,5,7H2,1-4H3. The Hall–Kier alpha value is 0.407. The highest BCUT2D eigenvalue weighted by Crippen LogP contribution is 2.26. The molecule has 0 spiro atoms. The van der Waals surface area contributed by atoms with Gasteiger partial charge in [-0.2, -0.15) is 12.6 Å². The van der Waals surface area contributed by atoms with Gasteiger partial charge in [-0.25, -0.2) is 0 Å². The fourth-order valence-corrected chi connectivity index (χ4v) is 3.81. The van der Waals surface area contributed by atoms with Crippen LogP contribution in [0.1, 0.15) is 13.3 Å². The number of rotatable bonds is 5. The molecule has 12 heavy (non-hydrogen) atoms. The Morgan fingerprint density at radius 1 is 1.25 bits per heavy atom. The summed E-state index contributed by atoms with van der Waals surface area (Å²) in [5, 5.41) is 0. The van der Waals surface area contributed by atoms with Crippen LogP contribution in [0.4, 0.5) is 0 Å². The second-order valence-corrected chi connectivity index (χ2v) is 6.89. The van der Waals surface area contributed by atoms with E-state index in [1.54, 1.807) is 0 Å². The molecule has 0 saturated carbocycles. The molecule has 74 valence electrons. The van der Waals surface area contributed by atoms with Crippen molar-refractivity contribution < 1.29 is 13.3 Å². The van der Waals surface area contributed by atoms with Crippen LogP contribution < -0.4 is 5.73 Å². The van der Waals surface area contributed by atoms with E-state index in [4.69, 9.17) is 19.0 Å². The van der Waals surface area contributed by atoms with Crippen molar-refractivity contribution in [1.82, 2.24) is 0 Å². The molecule has 0 aliphatic heterocycles. The highest BCUT2D eigenvalue weighted by atomic mass is 32.1. The van der Waals surface area contributed by atoms with Gasteiger partial charge in [0, 0.05) is 21.3 Å². The van der Waals surface area contributed by atoms with Crippen LogP contribution in [0.5, 0.6) is 0 Å². The number of thiol groups is 1. The number of nitrogens with two attached hydrogens (primary N) is 1. The van der Waals surface area contributed by atoms with E-state index in [1.165, 1.54) is 21.3 Å². The average molecular weight is 211 g/mol. The van der Waals surface area contributed by atoms with Gasteiger partial charge in [0.2, 0.25) is 0 Å². The van der Waals surface area contributed by atoms with Crippen molar-refractivity contribution in [1.29, 1.82) is 0 Å². The van der Waals surface area contributed by atoms with E-state index >= 15 is 0 Å². The molecule has 0 radical (unpaired) electrons. The quantitative estimate of drug-likeness (QED) is 0.393. The van der Waals surface area contributed by atoms with Crippen molar-refractivity contribution in [3.8, 4) is 0 Å². The Balaban J connectivity index is 4.69. The Bertz CT molecular complexity index is 132. The van der Waals surface area contributed by atoms with E-state index in [0.29, 0.717) is 6.42 Å². The molecule has 0 aliphatic rings. The first kappa shape index (κ1) is 12.4. The summed E-state index contributed by atoms with van der Waals surface area (Å²) in [4.78, 5) is 0. The first-order chi connectivity index (χ1) is 5.49. The first-order valence-electron chi connectivity index (χ1n) is 3.66. The van der Waals surface area contributed by atoms with Crippen LogP contribution in [0.2, 0.25) is 0 Å². The summed E-state index contributed by atoms with van der Waals surface area (Å²) in [5.41, 5.74) is 5.88. The topological polar surface area (TPSA) is 53.7 Å². The molecular formula is C6H17NO3SSi. The SMILES string of the molecule is CCC(N)(S)[Si](OC)(OC)OC. The van der Waals surface area contributed by atoms with Gasteiger partial charge in [-0.05, 0) is 6.42 Å². The van der Waals surface area contributed by atoms with E-state index in [-0.39, 0.29) is 0 Å². The van der Waals surface area contributed by atoms with Gasteiger partial charge in [-0.1, -0.05) is 6.92 Å². The lowest BCUT2D eigenvalue weighted by Gasteiger charge is -2.36. The summed E-state index contributed by atoms with van der Waals surface area (Å²) in [7, 11) is 1.76. The highest BCUT2D eigenvalue weighted by Gasteiger charge is 2.54. The van der Waals surface area contributed by atoms with Gasteiger partial charge in [-0.15, -0.1) is 0 Å². The normalized spacial score (nSPS) is 17.5. The molecule has 0 bridgehead atoms. The molecule has 0 amide bonds. The molecule has 0 aromatic heterocycles. The summed E-state index contributed by atoms with van der Waals surface area (Å²) in [6.07, 6.45) is 0.623. The predicted molar refractivity (Wildman–Crippen MR) is 53.0 cm³/mol. The van der Waals surface area contributed by atoms with Crippen LogP contribution in [0.25, 0.3) is 0 Å². The van der Waals surface area contributed by atoms with Crippen molar-refractivity contribution in [3.05, 3.63) is 0 Å². The van der Waals surface area contributed by atoms with E-state index in [2.05, 4.69) is 12.6 Å². The minimum Gasteiger partial charge on any atom is -0.375 e. The minimum absolute atomic E-state index is 0.623. The zero-order valence-electron chi connectivity index (χ0n) is 7.96. The maximum Gasteiger partial charge on any atom is 0.531 e. The third kappa shape index (κ3) is 2.01. The molecule has 1 unspecified atom stereocenters. The number of hydrogen-bond acceptors (Lipinski definition) is 5. The highest BCUT2D eigenvalue weighted by molar-refractivity contribution is 7.83. The van der Waals surface area contributed by atoms with Crippen LogP contribution in [-0.2, 0) is 13.3 Å². The zero-order chi connectivity index (χ0) is 9.83. The van der Waals surface area contributed by atoms with Crippen LogP contribution in [0.3, 0.4) is 0 Å². The Morgan fingerprint density at radius 2 is 1.58 bits per heavy atom. The lowest BCUT2D eigenvalue weighted by atomic mass is 10.5. The van der Waals surface area contributed by atoms with Crippen LogP contribution >= 0.6 is 12.6 Å². The molecule has 2 N–H and O–H groups in total. The summed E-state index contributed by atoms with van der Waals surface area (Å²) in [5.74, 6) is 0. The van der Waals surface area contributed by atoms with Crippen molar-refractivity contribution >= 4 is 21.4 Å². The predicted octanol–water partition coefficient (Wildman–Crippen LogP) is 0.398. The average Bonchev–Trinajstić information content (AvgIpc) is 2.08. The molecule has 0 heterocycles. The maximum absolute atomic E-state index is 5.88. The number of hydrogen-bond donors (Lipinski definition) is 2. The van der Waals surface area contributed by atoms with Crippen LogP contribution in [0.15, 0.2) is 0 Å². The largest absolute Gasteiger partial charge is 0.531 e. The molecule has 6 heteroatoms. The van der Waals surface area contributed by atoms with Crippen molar-refractivity contribution in [2.75, 3.05) is 21.3 Å². The van der Waals surface area contributed by atoms with E-state index in [9.17, 15) is 0 Å². The van der Waals surface area contributed by atoms with E-state index in [1.807, 2.05) is 6.92 Å². The smallest absolute Gasteiger partial charge is 0.375 e. The molecular weight excluding hydrogens is 194 g/mol. The molecule has 1 atom stereocenters. The third-order valence-electron chi connectivity index (χ3n) is 1.88. The maximum atomic E-state index is 5.88. The van der Waals surface area contributed by atoms with Crippen LogP contribution in [0, 0.1) is 0 Å². The molecule has 0 aromatic rings. The van der Waals surface area contributed by atoms with Crippen LogP contribution in [-0.4, -0.2) is 34.6 Å². The fourth-order valence-electron chi connectivity index (χ4n) is 0.997. The van der Waals surface area contributed by atoms with Gasteiger partial charge in [0.05, 0.1) is 0 Å². The third-order valence-corrected chi connectivity index (χ3v) is 6.04. The lowest BCUT2D eigenvalue weighted by Crippen LogP contribution is -2.65. The van der Waals surface area contributed by atoms with Gasteiger partial charge in [0.1, 0.15) is 4.49 Å². The van der Waals surface area contributed by atoms with Gasteiger partial charge >= 0.3 is 8.80 Å². The Kier molecular flexibility index (Phi) is 4.75. The molecule has 0 aliphatic carbocycles. The van der Waals surface area contributed by atoms with Gasteiger partial charge in [0.25, 0.3) is 0 Å². The van der Waals surface area contributed by atoms with Crippen molar-refractivity contribution in [2.24, 2.45) is 5.73 Å². The van der Waals surface area contributed by atoms with E-state index in [0.717, 1.165) is 0 Å². The van der Waals surface area contributed by atoms with Crippen molar-refractivity contribution in [2.45, 2.75) is 17.8 Å². The Morgan fingerprint density at radius 3 is 1.67 bits per heavy atom. The second kappa shape index (κ2) is 4.59. The Labute approximate surface area is 80.2 Å². The van der Waals surface area contributed by atoms with Crippen molar-refractivity contribution in [3.63, 3.8) is 0 Å². The summed E-state index contributed by atoms with van der Waals surface area (Å²) >= 11 is 4.27. The minimum atomic E-state index is -2.80. The monoisotopic (exact) mass is 211 g/mol. The zero-order valence-corrected chi connectivity index (χ0v) is 9.85. The fraction of sp³-hybridized carbons (Fsp3) is 1.00. The van der Waals surface area contributed by atoms with E-state index < -0.39 is 13.3 Å². The summed E-state index contributed by atoms with van der Waals surface area (Å²) < 4.78 is 14.7. The molecule has 0 saturated heterocycles. The summed E-state index contributed by atoms with van der Waals surface area (Å²) in [6, 6.07) is 0.